The van der Waals surface area contributed by atoms with Gasteiger partial charge in [-0.25, -0.2) is 10.0 Å². The van der Waals surface area contributed by atoms with Crippen LogP contribution >= 0.6 is 20.6 Å². The number of hydrazine groups is 1. The first-order valence-corrected chi connectivity index (χ1v) is 20.6. The first-order valence-electron chi connectivity index (χ1n) is 18.2. The smallest absolute Gasteiger partial charge is 0.303 e. The predicted octanol–water partition coefficient (Wildman–Crippen LogP) is 6.31. The Morgan fingerprint density at radius 2 is 1.09 bits per heavy atom. The van der Waals surface area contributed by atoms with Crippen molar-refractivity contribution in [2.75, 3.05) is 35.1 Å². The fraction of sp³-hybridized carbons (Fsp3) is 0.538. The molecule has 2 aliphatic rings. The zero-order valence-electron chi connectivity index (χ0n) is 32.8. The van der Waals surface area contributed by atoms with Gasteiger partial charge in [-0.1, -0.05) is 76.9 Å². The van der Waals surface area contributed by atoms with E-state index in [0.29, 0.717) is 25.7 Å². The van der Waals surface area contributed by atoms with Gasteiger partial charge in [-0.2, -0.15) is 0 Å². The summed E-state index contributed by atoms with van der Waals surface area (Å²) in [6.07, 6.45) is 2.34. The third-order valence-corrected chi connectivity index (χ3v) is 11.5. The van der Waals surface area contributed by atoms with Gasteiger partial charge in [0.15, 0.2) is 18.3 Å². The van der Waals surface area contributed by atoms with E-state index in [1.165, 1.54) is 35.4 Å². The molecule has 2 aromatic carbocycles. The van der Waals surface area contributed by atoms with Crippen LogP contribution in [-0.4, -0.2) is 90.6 Å². The molecule has 0 N–H and O–H groups in total. The van der Waals surface area contributed by atoms with Crippen molar-refractivity contribution in [2.24, 2.45) is 5.92 Å². The van der Waals surface area contributed by atoms with Gasteiger partial charge in [0.2, 0.25) is 0 Å². The van der Waals surface area contributed by atoms with E-state index in [2.05, 4.69) is 40.3 Å². The first-order chi connectivity index (χ1) is 25.7. The van der Waals surface area contributed by atoms with Gasteiger partial charge in [0, 0.05) is 50.1 Å². The van der Waals surface area contributed by atoms with Crippen LogP contribution in [0.25, 0.3) is 0 Å². The molecular formula is C39H55AuN2O11PS. The first kappa shape index (κ1) is 49.8. The fourth-order valence-corrected chi connectivity index (χ4v) is 7.48. The van der Waals surface area contributed by atoms with Crippen LogP contribution in [0.15, 0.2) is 60.7 Å². The molecule has 0 aliphatic carbocycles. The Labute approximate surface area is 347 Å². The van der Waals surface area contributed by atoms with Gasteiger partial charge in [0.1, 0.15) is 24.1 Å². The maximum Gasteiger partial charge on any atom is 0.303 e. The van der Waals surface area contributed by atoms with Crippen molar-refractivity contribution in [3.8, 4) is 0 Å². The SMILES string of the molecule is CC(=O)OC[C@H]1O[C@@H](S)[C@H](OC(C)=O)[C@H](OC(C)=O)[C@H]1OC(C)=O.CCCCC1C(=O)N(c2ccccc2)N(c2ccccc2)C1=O.CCP(CC)CC.[Au]. The summed E-state index contributed by atoms with van der Waals surface area (Å²) >= 11 is 4.18. The normalized spacial score (nSPS) is 20.6. The van der Waals surface area contributed by atoms with Crippen LogP contribution < -0.4 is 10.0 Å². The number of nitrogens with zero attached hydrogens (tertiary/aromatic N) is 2. The summed E-state index contributed by atoms with van der Waals surface area (Å²) in [5.41, 5.74) is 0.452. The molecule has 4 rings (SSSR count). The van der Waals surface area contributed by atoms with Crippen LogP contribution in [0.3, 0.4) is 0 Å². The number of unbranched alkanes of at least 4 members (excludes halogenated alkanes) is 1. The summed E-state index contributed by atoms with van der Waals surface area (Å²) in [7, 11) is 0.446. The monoisotopic (exact) mass is 987 g/mol. The van der Waals surface area contributed by atoms with Crippen LogP contribution in [0.2, 0.25) is 0 Å². The maximum absolute atomic E-state index is 12.9. The minimum Gasteiger partial charge on any atom is -0.463 e. The van der Waals surface area contributed by atoms with Crippen LogP contribution in [0, 0.1) is 5.92 Å². The molecule has 2 aromatic rings. The molecule has 0 spiro atoms. The quantitative estimate of drug-likeness (QED) is 0.0600. The van der Waals surface area contributed by atoms with Crippen molar-refractivity contribution in [1.29, 1.82) is 0 Å². The van der Waals surface area contributed by atoms with E-state index in [1.807, 2.05) is 60.7 Å². The van der Waals surface area contributed by atoms with Gasteiger partial charge in [0.05, 0.1) is 11.4 Å². The van der Waals surface area contributed by atoms with E-state index in [1.54, 1.807) is 0 Å². The van der Waals surface area contributed by atoms with E-state index in [4.69, 9.17) is 23.7 Å². The fourth-order valence-electron chi connectivity index (χ4n) is 5.75. The number of carbonyl (C=O) groups is 6. The molecule has 0 bridgehead atoms. The van der Waals surface area contributed by atoms with E-state index < -0.39 is 59.6 Å². The molecule has 55 heavy (non-hydrogen) atoms. The Bertz CT molecular complexity index is 1460. The molecule has 1 radical (unpaired) electrons. The standard InChI is InChI=1S/C19H20N2O2.C14H20O9S.C6H15P.Au/c1-2-3-14-17-18(22)20(15-10-6-4-7-11-15)21(19(17)23)16-12-8-5-9-13-16;1-6(15)19-5-10-11(20-7(2)16)12(21-8(3)17)13(14(24)23-10)22-9(4)18;1-4-7(5-2)6-3;/h4-13,17H,2-3,14H2,1H3;10-14,24H,5H2,1-4H3;4-6H2,1-3H3;/t;10-,11+,12-,13-,14+;;/m.1../s1. The number of carbonyl (C=O) groups excluding carboxylic acids is 6. The van der Waals surface area contributed by atoms with Crippen molar-refractivity contribution in [3.05, 3.63) is 60.7 Å². The summed E-state index contributed by atoms with van der Waals surface area (Å²) < 4.78 is 25.8. The van der Waals surface area contributed by atoms with E-state index in [-0.39, 0.29) is 40.8 Å². The summed E-state index contributed by atoms with van der Waals surface area (Å²) in [5, 5.41) is 3.02. The van der Waals surface area contributed by atoms with Gasteiger partial charge in [-0.3, -0.25) is 28.8 Å². The molecule has 0 unspecified atom stereocenters. The zero-order valence-corrected chi connectivity index (χ0v) is 36.7. The molecule has 2 heterocycles. The molecule has 2 saturated heterocycles. The Kier molecular flexibility index (Phi) is 23.4. The number of esters is 4. The molecule has 0 aromatic heterocycles. The predicted molar refractivity (Wildman–Crippen MR) is 210 cm³/mol. The molecule has 2 amide bonds. The minimum absolute atomic E-state index is 0. The average Bonchev–Trinajstić information content (AvgIpc) is 3.39. The van der Waals surface area contributed by atoms with E-state index in [0.717, 1.165) is 33.6 Å². The number of rotatable bonds is 13. The van der Waals surface area contributed by atoms with Gasteiger partial charge >= 0.3 is 23.9 Å². The number of hydrogen-bond acceptors (Lipinski definition) is 12. The Morgan fingerprint density at radius 3 is 1.45 bits per heavy atom. The number of ether oxygens (including phenoxy) is 5. The topological polar surface area (TPSA) is 155 Å². The summed E-state index contributed by atoms with van der Waals surface area (Å²) in [6, 6.07) is 18.7. The van der Waals surface area contributed by atoms with E-state index in [9.17, 15) is 28.8 Å². The zero-order chi connectivity index (χ0) is 40.4. The van der Waals surface area contributed by atoms with Gasteiger partial charge in [-0.15, -0.1) is 20.6 Å². The number of thiol groups is 1. The number of benzene rings is 2. The second kappa shape index (κ2) is 25.8. The molecule has 13 nitrogen and oxygen atoms in total. The largest absolute Gasteiger partial charge is 0.463 e. The minimum atomic E-state index is -1.16. The average molecular weight is 988 g/mol. The Hall–Kier alpha value is -3.26. The Morgan fingerprint density at radius 1 is 0.673 bits per heavy atom. The molecule has 2 aliphatic heterocycles. The van der Waals surface area contributed by atoms with Gasteiger partial charge in [-0.05, 0) is 49.2 Å². The molecule has 5 atom stereocenters. The summed E-state index contributed by atoms with van der Waals surface area (Å²) in [4.78, 5) is 70.8. The molecular weight excluding hydrogens is 932 g/mol. The number of amides is 2. The summed E-state index contributed by atoms with van der Waals surface area (Å²) in [6.45, 7) is 13.4. The third kappa shape index (κ3) is 15.7. The van der Waals surface area contributed by atoms with Crippen molar-refractivity contribution < 1.29 is 74.8 Å². The van der Waals surface area contributed by atoms with Crippen LogP contribution in [-0.2, 0) is 74.8 Å². The maximum atomic E-state index is 12.9. The molecule has 16 heteroatoms. The van der Waals surface area contributed by atoms with Gasteiger partial charge in [0.25, 0.3) is 11.8 Å². The second-order valence-corrected chi connectivity index (χ2v) is 16.1. The van der Waals surface area contributed by atoms with Crippen molar-refractivity contribution in [2.45, 2.75) is 105 Å². The molecule has 2 fully saturated rings. The van der Waals surface area contributed by atoms with E-state index >= 15 is 0 Å². The van der Waals surface area contributed by atoms with Crippen molar-refractivity contribution >= 4 is 67.6 Å². The van der Waals surface area contributed by atoms with Crippen LogP contribution in [0.5, 0.6) is 0 Å². The van der Waals surface area contributed by atoms with Crippen LogP contribution in [0.4, 0.5) is 11.4 Å². The van der Waals surface area contributed by atoms with Crippen LogP contribution in [0.1, 0.15) is 74.7 Å². The van der Waals surface area contributed by atoms with Crippen molar-refractivity contribution in [3.63, 3.8) is 0 Å². The second-order valence-electron chi connectivity index (χ2n) is 12.4. The molecule has 309 valence electrons. The number of anilines is 2. The number of hydrogen-bond donors (Lipinski definition) is 1. The summed E-state index contributed by atoms with van der Waals surface area (Å²) in [5.74, 6) is -3.44. The van der Waals surface area contributed by atoms with Crippen molar-refractivity contribution in [1.82, 2.24) is 0 Å². The number of para-hydroxylation sites is 2. The third-order valence-electron chi connectivity index (χ3n) is 8.37. The van der Waals surface area contributed by atoms with Gasteiger partial charge < -0.3 is 23.7 Å². The Balaban J connectivity index is 0.000000462. The molecule has 0 saturated carbocycles.